The average Bonchev–Trinajstić information content (AvgIpc) is 3.21. The van der Waals surface area contributed by atoms with E-state index in [4.69, 9.17) is 0 Å². The minimum absolute atomic E-state index is 0.0714. The average molecular weight is 377 g/mol. The highest BCUT2D eigenvalue weighted by Gasteiger charge is 2.39. The Labute approximate surface area is 166 Å². The van der Waals surface area contributed by atoms with Crippen molar-refractivity contribution >= 4 is 23.2 Å². The van der Waals surface area contributed by atoms with E-state index in [1.807, 2.05) is 0 Å². The molecule has 5 nitrogen and oxygen atoms in total. The monoisotopic (exact) mass is 377 g/mol. The first-order valence-corrected chi connectivity index (χ1v) is 10.1. The third-order valence-corrected chi connectivity index (χ3v) is 5.72. The number of anilines is 2. The Morgan fingerprint density at radius 3 is 2.25 bits per heavy atom. The molecule has 1 heterocycles. The van der Waals surface area contributed by atoms with Gasteiger partial charge in [0.2, 0.25) is 5.91 Å². The maximum absolute atomic E-state index is 12.4. The zero-order valence-corrected chi connectivity index (χ0v) is 16.3. The molecule has 0 aromatic heterocycles. The third-order valence-electron chi connectivity index (χ3n) is 5.72. The zero-order valence-electron chi connectivity index (χ0n) is 16.3. The second-order valence-electron chi connectivity index (χ2n) is 7.93. The van der Waals surface area contributed by atoms with Gasteiger partial charge >= 0.3 is 0 Å². The summed E-state index contributed by atoms with van der Waals surface area (Å²) in [5.41, 5.74) is 3.66. The first kappa shape index (κ1) is 18.5. The van der Waals surface area contributed by atoms with Crippen LogP contribution < -0.4 is 15.5 Å². The lowest BCUT2D eigenvalue weighted by atomic mass is 10.1. The van der Waals surface area contributed by atoms with Crippen LogP contribution in [0.15, 0.2) is 48.5 Å². The van der Waals surface area contributed by atoms with E-state index in [0.29, 0.717) is 18.0 Å². The third kappa shape index (κ3) is 4.35. The Balaban J connectivity index is 1.28. The number of rotatable bonds is 6. The highest BCUT2D eigenvalue weighted by Crippen LogP contribution is 2.38. The first-order chi connectivity index (χ1) is 13.6. The van der Waals surface area contributed by atoms with E-state index >= 15 is 0 Å². The summed E-state index contributed by atoms with van der Waals surface area (Å²) in [7, 11) is 0. The van der Waals surface area contributed by atoms with Gasteiger partial charge in [-0.2, -0.15) is 0 Å². The van der Waals surface area contributed by atoms with Gasteiger partial charge in [-0.05, 0) is 67.1 Å². The maximum Gasteiger partial charge on any atom is 0.251 e. The number of nitrogens with one attached hydrogen (secondary N) is 2. The maximum atomic E-state index is 12.4. The molecule has 5 heteroatoms. The van der Waals surface area contributed by atoms with Crippen LogP contribution in [0.5, 0.6) is 0 Å². The van der Waals surface area contributed by atoms with E-state index in [2.05, 4.69) is 46.7 Å². The van der Waals surface area contributed by atoms with Crippen LogP contribution >= 0.6 is 0 Å². The van der Waals surface area contributed by atoms with Crippen LogP contribution in [-0.4, -0.2) is 24.9 Å². The van der Waals surface area contributed by atoms with Gasteiger partial charge in [-0.15, -0.1) is 0 Å². The molecule has 0 spiro atoms. The Kier molecular flexibility index (Phi) is 5.33. The molecule has 2 amide bonds. The summed E-state index contributed by atoms with van der Waals surface area (Å²) in [6.45, 7) is 4.84. The predicted octanol–water partition coefficient (Wildman–Crippen LogP) is 3.81. The minimum atomic E-state index is -0.114. The largest absolute Gasteiger partial charge is 0.372 e. The van der Waals surface area contributed by atoms with Crippen LogP contribution in [0.1, 0.15) is 42.1 Å². The SMILES string of the molecule is CC1CC1C(=O)Nc1ccc(C(=O)NCc2ccc(N3CCCC3)cc2)cc1. The second kappa shape index (κ2) is 8.05. The lowest BCUT2D eigenvalue weighted by molar-refractivity contribution is -0.117. The Morgan fingerprint density at radius 2 is 1.64 bits per heavy atom. The fourth-order valence-electron chi connectivity index (χ4n) is 3.71. The lowest BCUT2D eigenvalue weighted by Crippen LogP contribution is -2.23. The molecular formula is C23H27N3O2. The van der Waals surface area contributed by atoms with Crippen molar-refractivity contribution in [3.8, 4) is 0 Å². The van der Waals surface area contributed by atoms with Gasteiger partial charge in [-0.3, -0.25) is 9.59 Å². The summed E-state index contributed by atoms with van der Waals surface area (Å²) in [4.78, 5) is 26.8. The Morgan fingerprint density at radius 1 is 1.00 bits per heavy atom. The van der Waals surface area contributed by atoms with Crippen molar-refractivity contribution in [2.75, 3.05) is 23.3 Å². The normalized spacial score (nSPS) is 20.7. The van der Waals surface area contributed by atoms with Crippen molar-refractivity contribution in [2.24, 2.45) is 11.8 Å². The van der Waals surface area contributed by atoms with Crippen LogP contribution in [0, 0.1) is 11.8 Å². The van der Waals surface area contributed by atoms with Crippen molar-refractivity contribution in [3.05, 3.63) is 59.7 Å². The van der Waals surface area contributed by atoms with E-state index in [-0.39, 0.29) is 17.7 Å². The van der Waals surface area contributed by atoms with Crippen molar-refractivity contribution in [3.63, 3.8) is 0 Å². The number of carbonyl (C=O) groups is 2. The van der Waals surface area contributed by atoms with Gasteiger partial charge in [0.1, 0.15) is 0 Å². The fourth-order valence-corrected chi connectivity index (χ4v) is 3.71. The molecule has 2 fully saturated rings. The number of hydrogen-bond acceptors (Lipinski definition) is 3. The molecule has 2 aromatic rings. The van der Waals surface area contributed by atoms with Gasteiger partial charge < -0.3 is 15.5 Å². The molecule has 2 unspecified atom stereocenters. The van der Waals surface area contributed by atoms with Gasteiger partial charge in [0.25, 0.3) is 5.91 Å². The van der Waals surface area contributed by atoms with Gasteiger partial charge in [0.05, 0.1) is 0 Å². The smallest absolute Gasteiger partial charge is 0.251 e. The Hall–Kier alpha value is -2.82. The molecule has 146 valence electrons. The van der Waals surface area contributed by atoms with Gasteiger partial charge in [-0.25, -0.2) is 0 Å². The number of benzene rings is 2. The molecule has 1 aliphatic heterocycles. The number of hydrogen-bond donors (Lipinski definition) is 2. The molecule has 2 aromatic carbocycles. The van der Waals surface area contributed by atoms with Gasteiger partial charge in [0.15, 0.2) is 0 Å². The van der Waals surface area contributed by atoms with Crippen molar-refractivity contribution < 1.29 is 9.59 Å². The molecule has 1 saturated heterocycles. The van der Waals surface area contributed by atoms with E-state index < -0.39 is 0 Å². The Bertz CT molecular complexity index is 839. The molecule has 2 N–H and O–H groups in total. The topological polar surface area (TPSA) is 61.4 Å². The summed E-state index contributed by atoms with van der Waals surface area (Å²) in [6.07, 6.45) is 3.49. The second-order valence-corrected chi connectivity index (χ2v) is 7.93. The van der Waals surface area contributed by atoms with Crippen molar-refractivity contribution in [2.45, 2.75) is 32.7 Å². The predicted molar refractivity (Wildman–Crippen MR) is 111 cm³/mol. The van der Waals surface area contributed by atoms with Crippen LogP contribution in [0.2, 0.25) is 0 Å². The van der Waals surface area contributed by atoms with Crippen molar-refractivity contribution in [1.29, 1.82) is 0 Å². The lowest BCUT2D eigenvalue weighted by Gasteiger charge is -2.17. The van der Waals surface area contributed by atoms with Gasteiger partial charge in [-0.1, -0.05) is 19.1 Å². The van der Waals surface area contributed by atoms with Gasteiger partial charge in [0, 0.05) is 42.5 Å². The first-order valence-electron chi connectivity index (χ1n) is 10.1. The molecule has 2 atom stereocenters. The highest BCUT2D eigenvalue weighted by atomic mass is 16.2. The quantitative estimate of drug-likeness (QED) is 0.805. The molecule has 1 saturated carbocycles. The van der Waals surface area contributed by atoms with Crippen LogP contribution in [-0.2, 0) is 11.3 Å². The summed E-state index contributed by atoms with van der Waals surface area (Å²) < 4.78 is 0. The number of nitrogens with zero attached hydrogens (tertiary/aromatic N) is 1. The van der Waals surface area contributed by atoms with E-state index in [1.54, 1.807) is 24.3 Å². The van der Waals surface area contributed by atoms with E-state index in [9.17, 15) is 9.59 Å². The minimum Gasteiger partial charge on any atom is -0.372 e. The molecule has 28 heavy (non-hydrogen) atoms. The fraction of sp³-hybridized carbons (Fsp3) is 0.391. The summed E-state index contributed by atoms with van der Waals surface area (Å²) in [5.74, 6) is 0.577. The van der Waals surface area contributed by atoms with Crippen LogP contribution in [0.3, 0.4) is 0 Å². The van der Waals surface area contributed by atoms with Crippen LogP contribution in [0.4, 0.5) is 11.4 Å². The van der Waals surface area contributed by atoms with Crippen LogP contribution in [0.25, 0.3) is 0 Å². The summed E-state index contributed by atoms with van der Waals surface area (Å²) in [5, 5.41) is 5.87. The number of carbonyl (C=O) groups excluding carboxylic acids is 2. The summed E-state index contributed by atoms with van der Waals surface area (Å²) in [6, 6.07) is 15.5. The molecule has 2 aliphatic rings. The molecule has 4 rings (SSSR count). The van der Waals surface area contributed by atoms with E-state index in [1.165, 1.54) is 18.5 Å². The standard InChI is InChI=1S/C23H27N3O2/c1-16-14-21(16)23(28)25-19-8-6-18(7-9-19)22(27)24-15-17-4-10-20(11-5-17)26-12-2-3-13-26/h4-11,16,21H,2-3,12-15H2,1H3,(H,24,27)(H,25,28). The number of amides is 2. The zero-order chi connectivity index (χ0) is 19.5. The van der Waals surface area contributed by atoms with E-state index in [0.717, 1.165) is 30.8 Å². The molecule has 0 radical (unpaired) electrons. The summed E-state index contributed by atoms with van der Waals surface area (Å²) >= 11 is 0. The van der Waals surface area contributed by atoms with Crippen molar-refractivity contribution in [1.82, 2.24) is 5.32 Å². The molecule has 0 bridgehead atoms. The highest BCUT2D eigenvalue weighted by molar-refractivity contribution is 5.96. The molecule has 1 aliphatic carbocycles. The molecular weight excluding hydrogens is 350 g/mol.